The third-order valence-corrected chi connectivity index (χ3v) is 6.13. The number of ether oxygens (including phenoxy) is 1. The maximum absolute atomic E-state index is 13.0. The highest BCUT2D eigenvalue weighted by Crippen LogP contribution is 2.24. The van der Waals surface area contributed by atoms with Crippen molar-refractivity contribution >= 4 is 10.0 Å². The molecule has 1 fully saturated rings. The van der Waals surface area contributed by atoms with Crippen LogP contribution in [0.1, 0.15) is 17.8 Å². The lowest BCUT2D eigenvalue weighted by Gasteiger charge is -2.34. The molecule has 0 saturated carbocycles. The van der Waals surface area contributed by atoms with Crippen LogP contribution < -0.4 is 0 Å². The van der Waals surface area contributed by atoms with Crippen LogP contribution in [-0.4, -0.2) is 58.3 Å². The topological polar surface area (TPSA) is 90.2 Å². The van der Waals surface area contributed by atoms with Crippen LogP contribution in [0.5, 0.6) is 0 Å². The summed E-state index contributed by atoms with van der Waals surface area (Å²) in [5.41, 5.74) is 1.36. The SMILES string of the molecule is Cc1nn(C)cc1S(=O)(=O)N1CCOC[C@H]1CCc1cnccn1. The molecule has 9 heteroatoms. The van der Waals surface area contributed by atoms with Crippen molar-refractivity contribution in [2.24, 2.45) is 7.05 Å². The summed E-state index contributed by atoms with van der Waals surface area (Å²) in [7, 11) is -1.87. The summed E-state index contributed by atoms with van der Waals surface area (Å²) in [4.78, 5) is 8.54. The van der Waals surface area contributed by atoms with Gasteiger partial charge in [0.05, 0.1) is 24.6 Å². The molecule has 1 aliphatic rings. The van der Waals surface area contributed by atoms with Crippen LogP contribution in [0.25, 0.3) is 0 Å². The van der Waals surface area contributed by atoms with Crippen molar-refractivity contribution in [2.45, 2.75) is 30.7 Å². The Hall–Kier alpha value is -1.84. The number of sulfonamides is 1. The molecule has 0 aromatic carbocycles. The Morgan fingerprint density at radius 3 is 2.88 bits per heavy atom. The number of morpholine rings is 1. The average molecular weight is 351 g/mol. The lowest BCUT2D eigenvalue weighted by molar-refractivity contribution is 0.0297. The van der Waals surface area contributed by atoms with Crippen molar-refractivity contribution in [3.63, 3.8) is 0 Å². The van der Waals surface area contributed by atoms with E-state index in [0.29, 0.717) is 38.3 Å². The lowest BCUT2D eigenvalue weighted by atomic mass is 10.1. The van der Waals surface area contributed by atoms with Crippen LogP contribution in [0.4, 0.5) is 0 Å². The Kier molecular flexibility index (Phi) is 4.93. The van der Waals surface area contributed by atoms with Crippen molar-refractivity contribution in [3.05, 3.63) is 36.2 Å². The molecule has 0 unspecified atom stereocenters. The van der Waals surface area contributed by atoms with Gasteiger partial charge in [0, 0.05) is 44.4 Å². The molecule has 3 rings (SSSR count). The molecule has 2 aromatic rings. The van der Waals surface area contributed by atoms with E-state index in [9.17, 15) is 8.42 Å². The summed E-state index contributed by atoms with van der Waals surface area (Å²) >= 11 is 0. The molecule has 0 bridgehead atoms. The third kappa shape index (κ3) is 3.47. The van der Waals surface area contributed by atoms with Crippen molar-refractivity contribution in [1.29, 1.82) is 0 Å². The first-order valence-corrected chi connectivity index (χ1v) is 9.27. The molecule has 0 radical (unpaired) electrons. The summed E-state index contributed by atoms with van der Waals surface area (Å²) in [5.74, 6) is 0. The predicted octanol–water partition coefficient (Wildman–Crippen LogP) is 0.541. The van der Waals surface area contributed by atoms with Crippen LogP contribution in [0.15, 0.2) is 29.7 Å². The van der Waals surface area contributed by atoms with E-state index < -0.39 is 10.0 Å². The fourth-order valence-electron chi connectivity index (χ4n) is 2.91. The molecule has 3 heterocycles. The molecule has 1 atom stereocenters. The number of hydrogen-bond acceptors (Lipinski definition) is 6. The molecule has 0 aliphatic carbocycles. The van der Waals surface area contributed by atoms with Crippen molar-refractivity contribution in [1.82, 2.24) is 24.1 Å². The van der Waals surface area contributed by atoms with E-state index in [2.05, 4.69) is 15.1 Å². The first kappa shape index (κ1) is 17.0. The van der Waals surface area contributed by atoms with Crippen molar-refractivity contribution in [2.75, 3.05) is 19.8 Å². The van der Waals surface area contributed by atoms with Gasteiger partial charge in [-0.25, -0.2) is 8.42 Å². The van der Waals surface area contributed by atoms with Gasteiger partial charge in [-0.05, 0) is 19.8 Å². The molecular weight excluding hydrogens is 330 g/mol. The molecular formula is C15H21N5O3S. The zero-order valence-corrected chi connectivity index (χ0v) is 14.6. The van der Waals surface area contributed by atoms with Crippen molar-refractivity contribution < 1.29 is 13.2 Å². The van der Waals surface area contributed by atoms with E-state index in [0.717, 1.165) is 5.69 Å². The molecule has 0 spiro atoms. The summed E-state index contributed by atoms with van der Waals surface area (Å²) in [6, 6.07) is -0.217. The zero-order valence-electron chi connectivity index (χ0n) is 13.8. The quantitative estimate of drug-likeness (QED) is 0.781. The van der Waals surface area contributed by atoms with Gasteiger partial charge in [0.25, 0.3) is 0 Å². The fourth-order valence-corrected chi connectivity index (χ4v) is 4.74. The van der Waals surface area contributed by atoms with Crippen LogP contribution >= 0.6 is 0 Å². The highest BCUT2D eigenvalue weighted by molar-refractivity contribution is 7.89. The summed E-state index contributed by atoms with van der Waals surface area (Å²) in [6.45, 7) is 2.85. The smallest absolute Gasteiger partial charge is 0.246 e. The average Bonchev–Trinajstić information content (AvgIpc) is 2.93. The van der Waals surface area contributed by atoms with Gasteiger partial charge in [0.1, 0.15) is 4.90 Å². The van der Waals surface area contributed by atoms with E-state index in [1.807, 2.05) is 0 Å². The largest absolute Gasteiger partial charge is 0.378 e. The normalized spacial score (nSPS) is 19.5. The molecule has 1 saturated heterocycles. The van der Waals surface area contributed by atoms with Crippen LogP contribution in [0.2, 0.25) is 0 Å². The van der Waals surface area contributed by atoms with E-state index in [1.54, 1.807) is 38.8 Å². The monoisotopic (exact) mass is 351 g/mol. The Morgan fingerprint density at radius 1 is 1.38 bits per heavy atom. The minimum Gasteiger partial charge on any atom is -0.378 e. The second-order valence-corrected chi connectivity index (χ2v) is 7.69. The Balaban J connectivity index is 1.80. The van der Waals surface area contributed by atoms with Crippen molar-refractivity contribution in [3.8, 4) is 0 Å². The molecule has 8 nitrogen and oxygen atoms in total. The predicted molar refractivity (Wildman–Crippen MR) is 86.8 cm³/mol. The summed E-state index contributed by atoms with van der Waals surface area (Å²) in [5, 5.41) is 4.15. The first-order chi connectivity index (χ1) is 11.5. The minimum atomic E-state index is -3.59. The molecule has 0 amide bonds. The highest BCUT2D eigenvalue weighted by Gasteiger charge is 2.35. The van der Waals surface area contributed by atoms with E-state index in [-0.39, 0.29) is 10.9 Å². The number of aromatic nitrogens is 4. The molecule has 2 aromatic heterocycles. The Bertz CT molecular complexity index is 791. The number of nitrogens with zero attached hydrogens (tertiary/aromatic N) is 5. The van der Waals surface area contributed by atoms with Gasteiger partial charge in [-0.3, -0.25) is 14.6 Å². The Morgan fingerprint density at radius 2 is 2.21 bits per heavy atom. The van der Waals surface area contributed by atoms with Gasteiger partial charge in [-0.2, -0.15) is 9.40 Å². The van der Waals surface area contributed by atoms with Gasteiger partial charge in [0.2, 0.25) is 10.0 Å². The first-order valence-electron chi connectivity index (χ1n) is 7.83. The van der Waals surface area contributed by atoms with Crippen LogP contribution in [-0.2, 0) is 28.2 Å². The summed E-state index contributed by atoms with van der Waals surface area (Å²) < 4.78 is 34.6. The van der Waals surface area contributed by atoms with Gasteiger partial charge in [0.15, 0.2) is 0 Å². The molecule has 24 heavy (non-hydrogen) atoms. The number of hydrogen-bond donors (Lipinski definition) is 0. The molecule has 130 valence electrons. The van der Waals surface area contributed by atoms with Gasteiger partial charge < -0.3 is 4.74 Å². The fraction of sp³-hybridized carbons (Fsp3) is 0.533. The second-order valence-electron chi connectivity index (χ2n) is 5.83. The van der Waals surface area contributed by atoms with Crippen LogP contribution in [0, 0.1) is 6.92 Å². The molecule has 1 aliphatic heterocycles. The van der Waals surface area contributed by atoms with Gasteiger partial charge in [-0.1, -0.05) is 0 Å². The Labute approximate surface area is 141 Å². The van der Waals surface area contributed by atoms with E-state index in [4.69, 9.17) is 4.74 Å². The van der Waals surface area contributed by atoms with Gasteiger partial charge >= 0.3 is 0 Å². The highest BCUT2D eigenvalue weighted by atomic mass is 32.2. The number of rotatable bonds is 5. The van der Waals surface area contributed by atoms with Crippen LogP contribution in [0.3, 0.4) is 0 Å². The van der Waals surface area contributed by atoms with E-state index >= 15 is 0 Å². The van der Waals surface area contributed by atoms with E-state index in [1.165, 1.54) is 8.99 Å². The summed E-state index contributed by atoms with van der Waals surface area (Å²) in [6.07, 6.45) is 7.81. The molecule has 0 N–H and O–H groups in total. The van der Waals surface area contributed by atoms with Gasteiger partial charge in [-0.15, -0.1) is 0 Å². The lowest BCUT2D eigenvalue weighted by Crippen LogP contribution is -2.48. The zero-order chi connectivity index (χ0) is 17.2. The minimum absolute atomic E-state index is 0.217. The maximum Gasteiger partial charge on any atom is 0.246 e. The third-order valence-electron chi connectivity index (χ3n) is 4.08. The number of aryl methyl sites for hydroxylation is 3. The maximum atomic E-state index is 13.0. The standard InChI is InChI=1S/C15H21N5O3S/c1-12-15(10-19(2)18-12)24(21,22)20-7-8-23-11-14(20)4-3-13-9-16-5-6-17-13/h5-6,9-10,14H,3-4,7-8,11H2,1-2H3/t14-/m1/s1. The second kappa shape index (κ2) is 6.96.